The second-order valence-electron chi connectivity index (χ2n) is 5.89. The number of hydrogen-bond acceptors (Lipinski definition) is 3. The maximum Gasteiger partial charge on any atom is 0.412 e. The van der Waals surface area contributed by atoms with E-state index in [4.69, 9.17) is 0 Å². The van der Waals surface area contributed by atoms with Crippen molar-refractivity contribution in [3.63, 3.8) is 0 Å². The standard InChI is InChI=1S/C15H17F3N2O2S/c1-23(21,22)20-6-4-10(5-7-20)13-9-19-14-8-11(15(16,17)18)2-3-12(13)14/h2-4,9,14,19H,5-8H2,1H3. The molecule has 1 unspecified atom stereocenters. The number of allylic oxidation sites excluding steroid dienone is 2. The maximum absolute atomic E-state index is 12.8. The minimum atomic E-state index is -4.30. The van der Waals surface area contributed by atoms with Crippen LogP contribution in [0.25, 0.3) is 0 Å². The van der Waals surface area contributed by atoms with Gasteiger partial charge >= 0.3 is 6.18 Å². The lowest BCUT2D eigenvalue weighted by Crippen LogP contribution is -2.34. The van der Waals surface area contributed by atoms with Crippen molar-refractivity contribution in [1.82, 2.24) is 9.62 Å². The van der Waals surface area contributed by atoms with E-state index in [0.717, 1.165) is 22.8 Å². The van der Waals surface area contributed by atoms with Crippen molar-refractivity contribution in [2.24, 2.45) is 0 Å². The molecule has 0 fully saturated rings. The van der Waals surface area contributed by atoms with Crippen LogP contribution in [-0.4, -0.2) is 44.3 Å². The number of rotatable bonds is 2. The fourth-order valence-electron chi connectivity index (χ4n) is 3.08. The number of fused-ring (bicyclic) bond motifs is 1. The molecule has 1 atom stereocenters. The van der Waals surface area contributed by atoms with E-state index in [1.165, 1.54) is 16.6 Å². The predicted octanol–water partition coefficient (Wildman–Crippen LogP) is 2.25. The monoisotopic (exact) mass is 346 g/mol. The molecule has 8 heteroatoms. The summed E-state index contributed by atoms with van der Waals surface area (Å²) in [7, 11) is -3.22. The van der Waals surface area contributed by atoms with Crippen molar-refractivity contribution in [2.75, 3.05) is 19.3 Å². The molecule has 0 aromatic heterocycles. The van der Waals surface area contributed by atoms with Gasteiger partial charge in [-0.05, 0) is 23.1 Å². The Bertz CT molecular complexity index is 745. The van der Waals surface area contributed by atoms with Gasteiger partial charge in [-0.15, -0.1) is 0 Å². The van der Waals surface area contributed by atoms with Gasteiger partial charge in [0.15, 0.2) is 0 Å². The van der Waals surface area contributed by atoms with Gasteiger partial charge in [-0.2, -0.15) is 17.5 Å². The van der Waals surface area contributed by atoms with Gasteiger partial charge in [0.1, 0.15) is 0 Å². The normalized spacial score (nSPS) is 25.8. The Morgan fingerprint density at radius 2 is 2.04 bits per heavy atom. The molecule has 0 saturated carbocycles. The van der Waals surface area contributed by atoms with Gasteiger partial charge in [0, 0.05) is 31.3 Å². The van der Waals surface area contributed by atoms with Crippen LogP contribution in [0.3, 0.4) is 0 Å². The first-order valence-corrected chi connectivity index (χ1v) is 9.10. The van der Waals surface area contributed by atoms with Crippen LogP contribution in [0.1, 0.15) is 12.8 Å². The van der Waals surface area contributed by atoms with Crippen molar-refractivity contribution in [3.05, 3.63) is 46.7 Å². The Hall–Kier alpha value is -1.54. The third-order valence-electron chi connectivity index (χ3n) is 4.35. The van der Waals surface area contributed by atoms with Gasteiger partial charge in [-0.25, -0.2) is 8.42 Å². The highest BCUT2D eigenvalue weighted by molar-refractivity contribution is 7.88. The summed E-state index contributed by atoms with van der Waals surface area (Å²) in [6.07, 6.45) is 3.58. The molecule has 23 heavy (non-hydrogen) atoms. The highest BCUT2D eigenvalue weighted by Crippen LogP contribution is 2.39. The molecule has 3 aliphatic rings. The third kappa shape index (κ3) is 3.23. The van der Waals surface area contributed by atoms with E-state index in [1.807, 2.05) is 6.08 Å². The van der Waals surface area contributed by atoms with Crippen LogP contribution in [0.5, 0.6) is 0 Å². The van der Waals surface area contributed by atoms with Gasteiger partial charge in [0.05, 0.1) is 12.3 Å². The van der Waals surface area contributed by atoms with E-state index in [2.05, 4.69) is 5.32 Å². The average Bonchev–Trinajstić information content (AvgIpc) is 2.88. The van der Waals surface area contributed by atoms with Gasteiger partial charge in [-0.1, -0.05) is 18.2 Å². The van der Waals surface area contributed by atoms with Gasteiger partial charge in [-0.3, -0.25) is 0 Å². The number of sulfonamides is 1. The van der Waals surface area contributed by atoms with Crippen LogP contribution in [0.2, 0.25) is 0 Å². The van der Waals surface area contributed by atoms with Crippen LogP contribution in [0.4, 0.5) is 13.2 Å². The SMILES string of the molecule is CS(=O)(=O)N1CC=C(C2=CNC3CC(C(F)(F)F)=CC=C23)CC1. The zero-order chi connectivity index (χ0) is 16.8. The lowest BCUT2D eigenvalue weighted by Gasteiger charge is -2.26. The average molecular weight is 346 g/mol. The maximum atomic E-state index is 12.8. The lowest BCUT2D eigenvalue weighted by atomic mass is 9.87. The summed E-state index contributed by atoms with van der Waals surface area (Å²) in [6.45, 7) is 0.691. The lowest BCUT2D eigenvalue weighted by molar-refractivity contribution is -0.0945. The minimum Gasteiger partial charge on any atom is -0.383 e. The van der Waals surface area contributed by atoms with Crippen LogP contribution in [0, 0.1) is 0 Å². The topological polar surface area (TPSA) is 49.4 Å². The molecule has 126 valence electrons. The number of hydrogen-bond donors (Lipinski definition) is 1. The van der Waals surface area contributed by atoms with E-state index >= 15 is 0 Å². The Morgan fingerprint density at radius 3 is 2.61 bits per heavy atom. The molecule has 2 heterocycles. The molecule has 0 aromatic carbocycles. The van der Waals surface area contributed by atoms with Gasteiger partial charge in [0.25, 0.3) is 0 Å². The number of nitrogens with one attached hydrogen (secondary N) is 1. The fourth-order valence-corrected chi connectivity index (χ4v) is 3.85. The number of nitrogens with zero attached hydrogens (tertiary/aromatic N) is 1. The third-order valence-corrected chi connectivity index (χ3v) is 5.62. The molecular formula is C15H17F3N2O2S. The van der Waals surface area contributed by atoms with Crippen LogP contribution in [0.15, 0.2) is 46.7 Å². The van der Waals surface area contributed by atoms with Crippen molar-refractivity contribution in [2.45, 2.75) is 25.1 Å². The fraction of sp³-hybridized carbons (Fsp3) is 0.467. The number of alkyl halides is 3. The van der Waals surface area contributed by atoms with Crippen molar-refractivity contribution >= 4 is 10.0 Å². The van der Waals surface area contributed by atoms with E-state index in [1.54, 1.807) is 6.20 Å². The molecular weight excluding hydrogens is 329 g/mol. The molecule has 0 radical (unpaired) electrons. The van der Waals surface area contributed by atoms with Gasteiger partial charge in [0.2, 0.25) is 10.0 Å². The number of halogens is 3. The van der Waals surface area contributed by atoms with Crippen molar-refractivity contribution in [3.8, 4) is 0 Å². The first-order chi connectivity index (χ1) is 10.7. The highest BCUT2D eigenvalue weighted by atomic mass is 32.2. The Kier molecular flexibility index (Phi) is 3.92. The van der Waals surface area contributed by atoms with Crippen molar-refractivity contribution < 1.29 is 21.6 Å². The molecule has 0 spiro atoms. The smallest absolute Gasteiger partial charge is 0.383 e. The van der Waals surface area contributed by atoms with Crippen LogP contribution in [-0.2, 0) is 10.0 Å². The second-order valence-corrected chi connectivity index (χ2v) is 7.88. The summed E-state index contributed by atoms with van der Waals surface area (Å²) < 4.78 is 62.8. The van der Waals surface area contributed by atoms with E-state index in [9.17, 15) is 21.6 Å². The summed E-state index contributed by atoms with van der Waals surface area (Å²) in [5.41, 5.74) is 2.18. The first-order valence-electron chi connectivity index (χ1n) is 7.25. The Balaban J connectivity index is 1.80. The summed E-state index contributed by atoms with van der Waals surface area (Å²) in [6, 6.07) is -0.361. The molecule has 1 N–H and O–H groups in total. The Morgan fingerprint density at radius 1 is 1.30 bits per heavy atom. The first kappa shape index (κ1) is 16.3. The molecule has 4 nitrogen and oxygen atoms in total. The zero-order valence-corrected chi connectivity index (χ0v) is 13.3. The van der Waals surface area contributed by atoms with Crippen molar-refractivity contribution in [1.29, 1.82) is 0 Å². The summed E-state index contributed by atoms with van der Waals surface area (Å²) in [5, 5.41) is 3.01. The summed E-state index contributed by atoms with van der Waals surface area (Å²) >= 11 is 0. The second kappa shape index (κ2) is 5.52. The summed E-state index contributed by atoms with van der Waals surface area (Å²) in [5.74, 6) is 0. The zero-order valence-electron chi connectivity index (χ0n) is 12.5. The Labute approximate surface area is 133 Å². The summed E-state index contributed by atoms with van der Waals surface area (Å²) in [4.78, 5) is 0. The van der Waals surface area contributed by atoms with E-state index in [0.29, 0.717) is 19.5 Å². The minimum absolute atomic E-state index is 0.0852. The largest absolute Gasteiger partial charge is 0.412 e. The molecule has 0 aromatic rings. The molecule has 0 saturated heterocycles. The molecule has 0 amide bonds. The molecule has 1 aliphatic carbocycles. The van der Waals surface area contributed by atoms with Crippen LogP contribution >= 0.6 is 0 Å². The van der Waals surface area contributed by atoms with Gasteiger partial charge < -0.3 is 5.32 Å². The highest BCUT2D eigenvalue weighted by Gasteiger charge is 2.39. The molecule has 3 rings (SSSR count). The van der Waals surface area contributed by atoms with Crippen LogP contribution < -0.4 is 5.32 Å². The van der Waals surface area contributed by atoms with E-state index < -0.39 is 21.8 Å². The van der Waals surface area contributed by atoms with E-state index in [-0.39, 0.29) is 12.5 Å². The molecule has 0 bridgehead atoms. The molecule has 2 aliphatic heterocycles. The predicted molar refractivity (Wildman–Crippen MR) is 81.0 cm³/mol. The quantitative estimate of drug-likeness (QED) is 0.834.